The fourth-order valence-electron chi connectivity index (χ4n) is 0.226. The van der Waals surface area contributed by atoms with Crippen LogP contribution in [0.2, 0.25) is 0 Å². The van der Waals surface area contributed by atoms with Crippen molar-refractivity contribution < 1.29 is 51.8 Å². The summed E-state index contributed by atoms with van der Waals surface area (Å²) in [5.74, 6) is 0. The summed E-state index contributed by atoms with van der Waals surface area (Å²) in [4.78, 5) is 0. The molecule has 56 valence electrons. The zero-order valence-corrected chi connectivity index (χ0v) is 8.43. The second kappa shape index (κ2) is 6.53. The van der Waals surface area contributed by atoms with E-state index in [2.05, 4.69) is 4.18 Å². The maximum absolute atomic E-state index is 9.65. The van der Waals surface area contributed by atoms with E-state index in [1.807, 2.05) is 0 Å². The molecule has 0 saturated heterocycles. The van der Waals surface area contributed by atoms with Gasteiger partial charge >= 0.3 is 29.6 Å². The summed E-state index contributed by atoms with van der Waals surface area (Å²) in [5.41, 5.74) is 0. The Bertz CT molecular complexity index is 152. The smallest absolute Gasteiger partial charge is 0.726 e. The second-order valence-electron chi connectivity index (χ2n) is 1.31. The van der Waals surface area contributed by atoms with Gasteiger partial charge in [0, 0.05) is 6.61 Å². The third-order valence-electron chi connectivity index (χ3n) is 0.530. The Labute approximate surface area is 81.6 Å². The van der Waals surface area contributed by atoms with Crippen molar-refractivity contribution in [1.29, 1.82) is 0 Å². The Hall–Kier alpha value is 0.830. The van der Waals surface area contributed by atoms with Crippen molar-refractivity contribution in [3.05, 3.63) is 0 Å². The molecule has 7 heteroatoms. The van der Waals surface area contributed by atoms with Crippen molar-refractivity contribution in [2.75, 3.05) is 13.2 Å². The molecule has 0 aliphatic heterocycles. The molecule has 0 aromatic heterocycles. The molecule has 0 aromatic rings. The molecule has 0 fully saturated rings. The van der Waals surface area contributed by atoms with Crippen molar-refractivity contribution in [3.8, 4) is 0 Å². The number of aliphatic hydroxyl groups excluding tert-OH is 1. The van der Waals surface area contributed by atoms with Gasteiger partial charge in [0.2, 0.25) is 10.4 Å². The SMILES string of the molecule is O=S(=O)([O-])OCCCO.[Na+]. The quantitative estimate of drug-likeness (QED) is 0.204. The van der Waals surface area contributed by atoms with Gasteiger partial charge < -0.3 is 9.66 Å². The number of rotatable bonds is 4. The van der Waals surface area contributed by atoms with E-state index in [1.54, 1.807) is 0 Å². The minimum Gasteiger partial charge on any atom is -0.726 e. The Balaban J connectivity index is 0. The second-order valence-corrected chi connectivity index (χ2v) is 2.36. The summed E-state index contributed by atoms with van der Waals surface area (Å²) in [5, 5.41) is 8.09. The van der Waals surface area contributed by atoms with E-state index in [-0.39, 0.29) is 49.2 Å². The van der Waals surface area contributed by atoms with Crippen LogP contribution in [0.1, 0.15) is 6.42 Å². The van der Waals surface area contributed by atoms with Crippen LogP contribution in [-0.2, 0) is 14.6 Å². The minimum absolute atomic E-state index is 0. The molecule has 0 saturated carbocycles. The number of hydrogen-bond acceptors (Lipinski definition) is 5. The Morgan fingerprint density at radius 2 is 2.00 bits per heavy atom. The van der Waals surface area contributed by atoms with Crippen molar-refractivity contribution >= 4 is 10.4 Å². The third-order valence-corrected chi connectivity index (χ3v) is 0.985. The molecule has 0 amide bonds. The molecule has 0 atom stereocenters. The first-order valence-electron chi connectivity index (χ1n) is 2.27. The van der Waals surface area contributed by atoms with Crippen molar-refractivity contribution in [1.82, 2.24) is 0 Å². The van der Waals surface area contributed by atoms with Gasteiger partial charge in [-0.25, -0.2) is 8.42 Å². The van der Waals surface area contributed by atoms with E-state index in [9.17, 15) is 13.0 Å². The fourth-order valence-corrected chi connectivity index (χ4v) is 0.548. The normalized spacial score (nSPS) is 10.6. The van der Waals surface area contributed by atoms with Crippen LogP contribution in [0.5, 0.6) is 0 Å². The van der Waals surface area contributed by atoms with E-state index in [0.717, 1.165) is 0 Å². The third kappa shape index (κ3) is 11.6. The molecule has 0 radical (unpaired) electrons. The summed E-state index contributed by atoms with van der Waals surface area (Å²) in [7, 11) is -4.56. The van der Waals surface area contributed by atoms with Gasteiger partial charge in [-0.3, -0.25) is 4.18 Å². The molecule has 10 heavy (non-hydrogen) atoms. The Kier molecular flexibility index (Phi) is 8.77. The predicted octanol–water partition coefficient (Wildman–Crippen LogP) is -4.15. The predicted molar refractivity (Wildman–Crippen MR) is 27.4 cm³/mol. The van der Waals surface area contributed by atoms with Gasteiger partial charge in [0.05, 0.1) is 6.61 Å². The Morgan fingerprint density at radius 1 is 1.50 bits per heavy atom. The summed E-state index contributed by atoms with van der Waals surface area (Å²) >= 11 is 0. The van der Waals surface area contributed by atoms with Gasteiger partial charge in [0.15, 0.2) is 0 Å². The first kappa shape index (κ1) is 13.4. The van der Waals surface area contributed by atoms with E-state index < -0.39 is 10.4 Å². The average molecular weight is 178 g/mol. The topological polar surface area (TPSA) is 86.7 Å². The number of hydrogen-bond donors (Lipinski definition) is 1. The van der Waals surface area contributed by atoms with Crippen LogP contribution >= 0.6 is 0 Å². The molecule has 0 bridgehead atoms. The Morgan fingerprint density at radius 3 is 2.30 bits per heavy atom. The molecule has 0 aliphatic carbocycles. The van der Waals surface area contributed by atoms with Gasteiger partial charge in [-0.05, 0) is 6.42 Å². The van der Waals surface area contributed by atoms with Gasteiger partial charge in [0.25, 0.3) is 0 Å². The van der Waals surface area contributed by atoms with Crippen LogP contribution in [0, 0.1) is 0 Å². The zero-order valence-electron chi connectivity index (χ0n) is 5.61. The van der Waals surface area contributed by atoms with Crippen molar-refractivity contribution in [3.63, 3.8) is 0 Å². The summed E-state index contributed by atoms with van der Waals surface area (Å²) in [6.45, 7) is -0.433. The molecular weight excluding hydrogens is 171 g/mol. The van der Waals surface area contributed by atoms with Gasteiger partial charge in [-0.1, -0.05) is 0 Å². The molecule has 1 N–H and O–H groups in total. The van der Waals surface area contributed by atoms with Crippen LogP contribution in [-0.4, -0.2) is 31.3 Å². The van der Waals surface area contributed by atoms with Crippen LogP contribution in [0.15, 0.2) is 0 Å². The zero-order chi connectivity index (χ0) is 7.33. The van der Waals surface area contributed by atoms with Crippen molar-refractivity contribution in [2.24, 2.45) is 0 Å². The summed E-state index contributed by atoms with van der Waals surface area (Å²) < 4.78 is 32.7. The molecule has 0 aromatic carbocycles. The van der Waals surface area contributed by atoms with Gasteiger partial charge in [-0.2, -0.15) is 0 Å². The molecular formula is C3H7NaO5S. The van der Waals surface area contributed by atoms with Gasteiger partial charge in [0.1, 0.15) is 0 Å². The summed E-state index contributed by atoms with van der Waals surface area (Å²) in [6.07, 6.45) is 0.154. The average Bonchev–Trinajstić information content (AvgIpc) is 1.63. The van der Waals surface area contributed by atoms with Crippen LogP contribution < -0.4 is 29.6 Å². The molecule has 0 rings (SSSR count). The number of aliphatic hydroxyl groups is 1. The van der Waals surface area contributed by atoms with Crippen LogP contribution in [0.3, 0.4) is 0 Å². The van der Waals surface area contributed by atoms with Gasteiger partial charge in [-0.15, -0.1) is 0 Å². The largest absolute Gasteiger partial charge is 1.00 e. The minimum atomic E-state index is -4.56. The molecule has 0 aliphatic rings. The van der Waals surface area contributed by atoms with Crippen LogP contribution in [0.4, 0.5) is 0 Å². The van der Waals surface area contributed by atoms with E-state index in [1.165, 1.54) is 0 Å². The molecule has 0 spiro atoms. The van der Waals surface area contributed by atoms with E-state index in [0.29, 0.717) is 0 Å². The maximum Gasteiger partial charge on any atom is 1.00 e. The molecule has 0 unspecified atom stereocenters. The first-order valence-corrected chi connectivity index (χ1v) is 3.60. The molecule has 5 nitrogen and oxygen atoms in total. The summed E-state index contributed by atoms with van der Waals surface area (Å²) in [6, 6.07) is 0. The first-order chi connectivity index (χ1) is 4.06. The van der Waals surface area contributed by atoms with E-state index in [4.69, 9.17) is 5.11 Å². The maximum atomic E-state index is 9.65. The van der Waals surface area contributed by atoms with Crippen molar-refractivity contribution in [2.45, 2.75) is 6.42 Å². The van der Waals surface area contributed by atoms with E-state index >= 15 is 0 Å². The van der Waals surface area contributed by atoms with Crippen LogP contribution in [0.25, 0.3) is 0 Å². The monoisotopic (exact) mass is 178 g/mol. The molecule has 0 heterocycles. The standard InChI is InChI=1S/C3H8O5S.Na/c4-2-1-3-8-9(5,6)7;/h4H,1-3H2,(H,5,6,7);/q;+1/p-1. The fraction of sp³-hybridized carbons (Fsp3) is 1.00.